The molecule has 0 heterocycles. The Bertz CT molecular complexity index is 396. The summed E-state index contributed by atoms with van der Waals surface area (Å²) in [6, 6.07) is 0. The van der Waals surface area contributed by atoms with Crippen molar-refractivity contribution in [3.05, 3.63) is 10.6 Å². The van der Waals surface area contributed by atoms with Crippen molar-refractivity contribution in [1.82, 2.24) is 0 Å². The molecule has 0 saturated heterocycles. The van der Waals surface area contributed by atoms with Crippen LogP contribution in [0.3, 0.4) is 0 Å². The van der Waals surface area contributed by atoms with Crippen LogP contribution < -0.4 is 0 Å². The summed E-state index contributed by atoms with van der Waals surface area (Å²) in [5.74, 6) is 0. The van der Waals surface area contributed by atoms with E-state index in [0.29, 0.717) is 11.1 Å². The average Bonchev–Trinajstić information content (AvgIpc) is 2.11. The minimum absolute atomic E-state index is 0.0136. The van der Waals surface area contributed by atoms with E-state index >= 15 is 0 Å². The minimum Gasteiger partial charge on any atom is -0.413 e. The van der Waals surface area contributed by atoms with Gasteiger partial charge in [-0.05, 0) is 24.2 Å². The van der Waals surface area contributed by atoms with Crippen LogP contribution in [0.1, 0.15) is 20.8 Å². The molecule has 108 valence electrons. The van der Waals surface area contributed by atoms with Crippen LogP contribution >= 0.6 is 15.9 Å². The van der Waals surface area contributed by atoms with Gasteiger partial charge in [0.25, 0.3) is 10.1 Å². The minimum atomic E-state index is -3.40. The molecule has 0 aliphatic heterocycles. The summed E-state index contributed by atoms with van der Waals surface area (Å²) in [6.45, 7) is 11.3. The standard InChI is InChI=1S/C11H23BrO4SSi/c1-11(2,3)18(5,6)16-8-7-10(12)9-15-17(4,13)14/h7H,8-9H2,1-6H3/b10-7+. The fourth-order valence-corrected chi connectivity index (χ4v) is 2.45. The van der Waals surface area contributed by atoms with Gasteiger partial charge in [0.1, 0.15) is 0 Å². The predicted octanol–water partition coefficient (Wildman–Crippen LogP) is 3.26. The Morgan fingerprint density at radius 1 is 1.33 bits per heavy atom. The van der Waals surface area contributed by atoms with Gasteiger partial charge in [0.05, 0.1) is 19.5 Å². The molecule has 0 saturated carbocycles. The maximum atomic E-state index is 10.8. The van der Waals surface area contributed by atoms with Crippen molar-refractivity contribution in [2.45, 2.75) is 38.9 Å². The van der Waals surface area contributed by atoms with Crippen LogP contribution in [0.25, 0.3) is 0 Å². The SMILES string of the molecule is CC(C)(C)[Si](C)(C)OC/C=C(/Br)COS(C)(=O)=O. The monoisotopic (exact) mass is 358 g/mol. The normalized spacial score (nSPS) is 14.9. The van der Waals surface area contributed by atoms with Crippen LogP contribution in [0.4, 0.5) is 0 Å². The molecule has 0 fully saturated rings. The molecule has 0 aliphatic rings. The molecule has 0 aliphatic carbocycles. The Balaban J connectivity index is 4.25. The zero-order valence-electron chi connectivity index (χ0n) is 11.9. The number of hydrogen-bond acceptors (Lipinski definition) is 4. The molecule has 0 amide bonds. The first-order valence-corrected chi connectivity index (χ1v) is 11.2. The first kappa shape index (κ1) is 18.3. The van der Waals surface area contributed by atoms with Crippen molar-refractivity contribution in [2.24, 2.45) is 0 Å². The Labute approximate surface area is 120 Å². The van der Waals surface area contributed by atoms with Gasteiger partial charge in [0.15, 0.2) is 8.32 Å². The molecule has 0 spiro atoms. The number of halogens is 1. The molecule has 7 heteroatoms. The smallest absolute Gasteiger partial charge is 0.264 e. The lowest BCUT2D eigenvalue weighted by atomic mass is 10.2. The van der Waals surface area contributed by atoms with Crippen LogP contribution in [0.15, 0.2) is 10.6 Å². The van der Waals surface area contributed by atoms with Crippen molar-refractivity contribution in [3.63, 3.8) is 0 Å². The molecule has 18 heavy (non-hydrogen) atoms. The molecule has 0 aromatic carbocycles. The Morgan fingerprint density at radius 2 is 1.83 bits per heavy atom. The quantitative estimate of drug-likeness (QED) is 0.540. The maximum Gasteiger partial charge on any atom is 0.264 e. The summed E-state index contributed by atoms with van der Waals surface area (Å²) in [4.78, 5) is 0. The van der Waals surface area contributed by atoms with Gasteiger partial charge in [0.2, 0.25) is 0 Å². The molecule has 0 aromatic rings. The highest BCUT2D eigenvalue weighted by atomic mass is 79.9. The van der Waals surface area contributed by atoms with Gasteiger partial charge in [0, 0.05) is 4.48 Å². The second-order valence-corrected chi connectivity index (χ2v) is 13.2. The first-order chi connectivity index (χ1) is 7.85. The van der Waals surface area contributed by atoms with Crippen molar-refractivity contribution in [2.75, 3.05) is 19.5 Å². The predicted molar refractivity (Wildman–Crippen MR) is 81.0 cm³/mol. The van der Waals surface area contributed by atoms with Gasteiger partial charge in [-0.2, -0.15) is 8.42 Å². The van der Waals surface area contributed by atoms with Crippen LogP contribution in [0.2, 0.25) is 18.1 Å². The first-order valence-electron chi connectivity index (χ1n) is 5.68. The lowest BCUT2D eigenvalue weighted by Crippen LogP contribution is -2.40. The van der Waals surface area contributed by atoms with E-state index in [1.165, 1.54) is 0 Å². The highest BCUT2D eigenvalue weighted by molar-refractivity contribution is 9.11. The molecule has 0 atom stereocenters. The third-order valence-corrected chi connectivity index (χ3v) is 8.57. The van der Waals surface area contributed by atoms with Gasteiger partial charge in [-0.3, -0.25) is 4.18 Å². The number of hydrogen-bond donors (Lipinski definition) is 0. The Kier molecular flexibility index (Phi) is 6.76. The highest BCUT2D eigenvalue weighted by Crippen LogP contribution is 2.36. The van der Waals surface area contributed by atoms with E-state index in [4.69, 9.17) is 4.43 Å². The summed E-state index contributed by atoms with van der Waals surface area (Å²) >= 11 is 3.26. The average molecular weight is 359 g/mol. The molecule has 0 bridgehead atoms. The zero-order chi connectivity index (χ0) is 14.6. The topological polar surface area (TPSA) is 52.6 Å². The molecule has 0 rings (SSSR count). The van der Waals surface area contributed by atoms with Crippen molar-refractivity contribution >= 4 is 34.4 Å². The largest absolute Gasteiger partial charge is 0.413 e. The molecular weight excluding hydrogens is 336 g/mol. The third kappa shape index (κ3) is 7.68. The van der Waals surface area contributed by atoms with E-state index in [0.717, 1.165) is 6.26 Å². The molecular formula is C11H23BrO4SSi. The summed E-state index contributed by atoms with van der Waals surface area (Å²) in [7, 11) is -5.15. The van der Waals surface area contributed by atoms with E-state index < -0.39 is 18.4 Å². The highest BCUT2D eigenvalue weighted by Gasteiger charge is 2.36. The van der Waals surface area contributed by atoms with Gasteiger partial charge in [-0.25, -0.2) is 0 Å². The second kappa shape index (κ2) is 6.65. The summed E-state index contributed by atoms with van der Waals surface area (Å²) in [5.41, 5.74) is 0. The summed E-state index contributed by atoms with van der Waals surface area (Å²) < 4.78 is 32.9. The lowest BCUT2D eigenvalue weighted by Gasteiger charge is -2.35. The maximum absolute atomic E-state index is 10.8. The van der Waals surface area contributed by atoms with E-state index in [1.54, 1.807) is 6.08 Å². The second-order valence-electron chi connectivity index (χ2n) is 5.69. The third-order valence-electron chi connectivity index (χ3n) is 2.97. The van der Waals surface area contributed by atoms with Crippen molar-refractivity contribution in [1.29, 1.82) is 0 Å². The van der Waals surface area contributed by atoms with Crippen LogP contribution in [0.5, 0.6) is 0 Å². The molecule has 0 unspecified atom stereocenters. The van der Waals surface area contributed by atoms with E-state index in [-0.39, 0.29) is 11.6 Å². The van der Waals surface area contributed by atoms with Crippen molar-refractivity contribution < 1.29 is 17.0 Å². The van der Waals surface area contributed by atoms with Crippen LogP contribution in [-0.2, 0) is 18.7 Å². The summed E-state index contributed by atoms with van der Waals surface area (Å²) in [6.07, 6.45) is 2.82. The lowest BCUT2D eigenvalue weighted by molar-refractivity contribution is 0.324. The fraction of sp³-hybridized carbons (Fsp3) is 0.818. The molecule has 4 nitrogen and oxygen atoms in total. The molecule has 0 N–H and O–H groups in total. The zero-order valence-corrected chi connectivity index (χ0v) is 15.3. The van der Waals surface area contributed by atoms with Gasteiger partial charge >= 0.3 is 0 Å². The summed E-state index contributed by atoms with van der Waals surface area (Å²) in [5, 5.41) is 0.163. The Hall–Kier alpha value is 0.307. The van der Waals surface area contributed by atoms with E-state index in [1.807, 2.05) is 0 Å². The van der Waals surface area contributed by atoms with Gasteiger partial charge < -0.3 is 4.43 Å². The van der Waals surface area contributed by atoms with E-state index in [2.05, 4.69) is 54.0 Å². The fourth-order valence-electron chi connectivity index (χ4n) is 0.779. The van der Waals surface area contributed by atoms with Gasteiger partial charge in [-0.15, -0.1) is 0 Å². The van der Waals surface area contributed by atoms with Crippen molar-refractivity contribution in [3.8, 4) is 0 Å². The van der Waals surface area contributed by atoms with Crippen LogP contribution in [0, 0.1) is 0 Å². The van der Waals surface area contributed by atoms with Gasteiger partial charge in [-0.1, -0.05) is 36.7 Å². The van der Waals surface area contributed by atoms with Crippen LogP contribution in [-0.4, -0.2) is 36.2 Å². The van der Waals surface area contributed by atoms with E-state index in [9.17, 15) is 8.42 Å². The molecule has 0 radical (unpaired) electrons. The molecule has 0 aromatic heterocycles. The Morgan fingerprint density at radius 3 is 2.22 bits per heavy atom. The number of rotatable bonds is 6.